The average molecular weight is 323 g/mol. The average Bonchev–Trinajstić information content (AvgIpc) is 3.34. The first-order chi connectivity index (χ1) is 11.7. The quantitative estimate of drug-likeness (QED) is 0.907. The fraction of sp³-hybridized carbons (Fsp3) is 0.500. The van der Waals surface area contributed by atoms with E-state index >= 15 is 0 Å². The van der Waals surface area contributed by atoms with Crippen molar-refractivity contribution >= 4 is 16.8 Å². The van der Waals surface area contributed by atoms with Gasteiger partial charge in [-0.05, 0) is 63.3 Å². The van der Waals surface area contributed by atoms with Crippen LogP contribution >= 0.6 is 0 Å². The highest BCUT2D eigenvalue weighted by atomic mass is 16.1. The van der Waals surface area contributed by atoms with Crippen molar-refractivity contribution in [2.75, 3.05) is 6.54 Å². The SMILES string of the molecule is Cc1ccc2nc(C3CC3)cc(C(=O)NC3CCCC3CN)c2c1. The van der Waals surface area contributed by atoms with Crippen LogP contribution in [0.1, 0.15) is 59.6 Å². The Morgan fingerprint density at radius 2 is 2.08 bits per heavy atom. The van der Waals surface area contributed by atoms with Gasteiger partial charge < -0.3 is 11.1 Å². The van der Waals surface area contributed by atoms with Gasteiger partial charge in [-0.25, -0.2) is 0 Å². The second-order valence-electron chi connectivity index (χ2n) is 7.40. The zero-order valence-electron chi connectivity index (χ0n) is 14.2. The molecule has 4 nitrogen and oxygen atoms in total. The Hall–Kier alpha value is -1.94. The molecule has 2 saturated carbocycles. The highest BCUT2D eigenvalue weighted by molar-refractivity contribution is 6.06. The predicted octanol–water partition coefficient (Wildman–Crippen LogP) is 3.28. The van der Waals surface area contributed by atoms with E-state index in [0.29, 0.717) is 18.4 Å². The standard InChI is InChI=1S/C20H25N3O/c1-12-5-8-18-15(9-12)16(10-19(22-18)13-6-7-13)20(24)23-17-4-2-3-14(17)11-21/h5,8-10,13-14,17H,2-4,6-7,11,21H2,1H3,(H,23,24). The lowest BCUT2D eigenvalue weighted by Gasteiger charge is -2.20. The fourth-order valence-electron chi connectivity index (χ4n) is 3.89. The first-order valence-electron chi connectivity index (χ1n) is 9.08. The third-order valence-corrected chi connectivity index (χ3v) is 5.50. The molecule has 1 heterocycles. The van der Waals surface area contributed by atoms with E-state index in [4.69, 9.17) is 10.7 Å². The highest BCUT2D eigenvalue weighted by Gasteiger charge is 2.30. The van der Waals surface area contributed by atoms with Gasteiger partial charge in [-0.3, -0.25) is 9.78 Å². The van der Waals surface area contributed by atoms with Crippen molar-refractivity contribution in [3.63, 3.8) is 0 Å². The lowest BCUT2D eigenvalue weighted by molar-refractivity contribution is 0.0930. The topological polar surface area (TPSA) is 68.0 Å². The highest BCUT2D eigenvalue weighted by Crippen LogP contribution is 2.40. The first-order valence-corrected chi connectivity index (χ1v) is 9.08. The number of amides is 1. The minimum atomic E-state index is 0.0280. The molecule has 2 unspecified atom stereocenters. The van der Waals surface area contributed by atoms with Gasteiger partial charge in [0, 0.05) is 23.0 Å². The van der Waals surface area contributed by atoms with Gasteiger partial charge in [-0.1, -0.05) is 18.1 Å². The van der Waals surface area contributed by atoms with E-state index in [0.717, 1.165) is 47.0 Å². The van der Waals surface area contributed by atoms with Crippen LogP contribution in [0.5, 0.6) is 0 Å². The number of aromatic nitrogens is 1. The Morgan fingerprint density at radius 3 is 2.83 bits per heavy atom. The number of nitrogens with one attached hydrogen (secondary N) is 1. The number of carbonyl (C=O) groups is 1. The number of hydrogen-bond donors (Lipinski definition) is 2. The molecule has 2 aliphatic carbocycles. The maximum atomic E-state index is 13.0. The number of hydrogen-bond acceptors (Lipinski definition) is 3. The monoisotopic (exact) mass is 323 g/mol. The molecule has 0 spiro atoms. The molecule has 0 radical (unpaired) electrons. The smallest absolute Gasteiger partial charge is 0.252 e. The zero-order chi connectivity index (χ0) is 16.7. The molecule has 0 saturated heterocycles. The summed E-state index contributed by atoms with van der Waals surface area (Å²) in [6, 6.07) is 8.39. The molecule has 4 heteroatoms. The second-order valence-corrected chi connectivity index (χ2v) is 7.40. The van der Waals surface area contributed by atoms with E-state index in [1.165, 1.54) is 12.8 Å². The van der Waals surface area contributed by atoms with Crippen LogP contribution in [0.25, 0.3) is 10.9 Å². The van der Waals surface area contributed by atoms with Crippen LogP contribution in [0.4, 0.5) is 0 Å². The number of carbonyl (C=O) groups excluding carboxylic acids is 1. The molecule has 2 atom stereocenters. The van der Waals surface area contributed by atoms with Crippen LogP contribution in [-0.4, -0.2) is 23.5 Å². The summed E-state index contributed by atoms with van der Waals surface area (Å²) in [5, 5.41) is 4.21. The summed E-state index contributed by atoms with van der Waals surface area (Å²) in [5.41, 5.74) is 9.78. The Balaban J connectivity index is 1.70. The molecule has 1 amide bonds. The van der Waals surface area contributed by atoms with Gasteiger partial charge in [0.25, 0.3) is 5.91 Å². The molecule has 3 N–H and O–H groups in total. The normalized spacial score (nSPS) is 23.6. The number of nitrogens with two attached hydrogens (primary N) is 1. The summed E-state index contributed by atoms with van der Waals surface area (Å²) in [6.07, 6.45) is 5.67. The van der Waals surface area contributed by atoms with Crippen molar-refractivity contribution in [1.82, 2.24) is 10.3 Å². The predicted molar refractivity (Wildman–Crippen MR) is 96.1 cm³/mol. The maximum absolute atomic E-state index is 13.0. The fourth-order valence-corrected chi connectivity index (χ4v) is 3.89. The summed E-state index contributed by atoms with van der Waals surface area (Å²) in [5.74, 6) is 0.970. The van der Waals surface area contributed by atoms with Gasteiger partial charge in [0.1, 0.15) is 0 Å². The maximum Gasteiger partial charge on any atom is 0.252 e. The number of nitrogens with zero attached hydrogens (tertiary/aromatic N) is 1. The van der Waals surface area contributed by atoms with Gasteiger partial charge in [-0.2, -0.15) is 0 Å². The molecular formula is C20H25N3O. The summed E-state index contributed by atoms with van der Waals surface area (Å²) >= 11 is 0. The number of aryl methyl sites for hydroxylation is 1. The van der Waals surface area contributed by atoms with E-state index in [1.807, 2.05) is 12.1 Å². The molecule has 2 fully saturated rings. The van der Waals surface area contributed by atoms with Crippen LogP contribution in [0.2, 0.25) is 0 Å². The van der Waals surface area contributed by atoms with E-state index < -0.39 is 0 Å². The number of rotatable bonds is 4. The van der Waals surface area contributed by atoms with Crippen LogP contribution < -0.4 is 11.1 Å². The van der Waals surface area contributed by atoms with Gasteiger partial charge in [0.2, 0.25) is 0 Å². The van der Waals surface area contributed by atoms with Crippen molar-refractivity contribution in [3.8, 4) is 0 Å². The van der Waals surface area contributed by atoms with Crippen molar-refractivity contribution in [3.05, 3.63) is 41.1 Å². The lowest BCUT2D eigenvalue weighted by Crippen LogP contribution is -2.40. The van der Waals surface area contributed by atoms with E-state index in [9.17, 15) is 4.79 Å². The van der Waals surface area contributed by atoms with E-state index in [-0.39, 0.29) is 11.9 Å². The van der Waals surface area contributed by atoms with E-state index in [2.05, 4.69) is 24.4 Å². The minimum absolute atomic E-state index is 0.0280. The third-order valence-electron chi connectivity index (χ3n) is 5.50. The van der Waals surface area contributed by atoms with Crippen molar-refractivity contribution in [2.24, 2.45) is 11.7 Å². The van der Waals surface area contributed by atoms with Crippen LogP contribution in [0, 0.1) is 12.8 Å². The zero-order valence-corrected chi connectivity index (χ0v) is 14.2. The third kappa shape index (κ3) is 2.91. The van der Waals surface area contributed by atoms with Crippen molar-refractivity contribution < 1.29 is 4.79 Å². The second kappa shape index (κ2) is 6.17. The number of benzene rings is 1. The number of pyridine rings is 1. The molecule has 2 aliphatic rings. The lowest BCUT2D eigenvalue weighted by atomic mass is 10.0. The molecule has 1 aromatic carbocycles. The van der Waals surface area contributed by atoms with Gasteiger partial charge in [-0.15, -0.1) is 0 Å². The van der Waals surface area contributed by atoms with Crippen LogP contribution in [-0.2, 0) is 0 Å². The minimum Gasteiger partial charge on any atom is -0.349 e. The Bertz CT molecular complexity index is 782. The molecule has 0 aliphatic heterocycles. The molecule has 126 valence electrons. The Labute approximate surface area is 142 Å². The van der Waals surface area contributed by atoms with Gasteiger partial charge in [0.05, 0.1) is 11.1 Å². The molecule has 4 rings (SSSR count). The summed E-state index contributed by atoms with van der Waals surface area (Å²) in [6.45, 7) is 2.70. The molecular weight excluding hydrogens is 298 g/mol. The molecule has 24 heavy (non-hydrogen) atoms. The molecule has 1 aromatic heterocycles. The summed E-state index contributed by atoms with van der Waals surface area (Å²) in [4.78, 5) is 17.8. The van der Waals surface area contributed by atoms with Crippen LogP contribution in [0.3, 0.4) is 0 Å². The van der Waals surface area contributed by atoms with Gasteiger partial charge >= 0.3 is 0 Å². The number of fused-ring (bicyclic) bond motifs is 1. The molecule has 0 bridgehead atoms. The Morgan fingerprint density at radius 1 is 1.25 bits per heavy atom. The van der Waals surface area contributed by atoms with Gasteiger partial charge in [0.15, 0.2) is 0 Å². The van der Waals surface area contributed by atoms with Crippen molar-refractivity contribution in [2.45, 2.75) is 51.0 Å². The van der Waals surface area contributed by atoms with Crippen LogP contribution in [0.15, 0.2) is 24.3 Å². The first kappa shape index (κ1) is 15.6. The van der Waals surface area contributed by atoms with E-state index in [1.54, 1.807) is 0 Å². The Kier molecular flexibility index (Phi) is 4.01. The molecule has 2 aromatic rings. The summed E-state index contributed by atoms with van der Waals surface area (Å²) < 4.78 is 0. The largest absolute Gasteiger partial charge is 0.349 e. The van der Waals surface area contributed by atoms with Crippen molar-refractivity contribution in [1.29, 1.82) is 0 Å². The summed E-state index contributed by atoms with van der Waals surface area (Å²) in [7, 11) is 0.